The maximum Gasteiger partial charge on any atom is 0.227 e. The van der Waals surface area contributed by atoms with Gasteiger partial charge in [0.25, 0.3) is 0 Å². The topological polar surface area (TPSA) is 45.2 Å². The van der Waals surface area contributed by atoms with Gasteiger partial charge in [0.15, 0.2) is 0 Å². The van der Waals surface area contributed by atoms with Gasteiger partial charge in [0.05, 0.1) is 0 Å². The number of hydrogen-bond acceptors (Lipinski definition) is 3. The third-order valence-corrected chi connectivity index (χ3v) is 3.73. The van der Waals surface area contributed by atoms with E-state index in [1.165, 1.54) is 5.56 Å². The molecule has 0 unspecified atom stereocenters. The highest BCUT2D eigenvalue weighted by Gasteiger charge is 2.20. The van der Waals surface area contributed by atoms with Crippen LogP contribution in [0.15, 0.2) is 48.7 Å². The number of para-hydroxylation sites is 1. The number of carbonyl (C=O) groups is 1. The number of aryl methyl sites for hydroxylation is 1. The molecule has 1 aliphatic rings. The Morgan fingerprint density at radius 1 is 1.18 bits per heavy atom. The zero-order chi connectivity index (χ0) is 14.5. The van der Waals surface area contributed by atoms with Gasteiger partial charge >= 0.3 is 0 Å². The van der Waals surface area contributed by atoms with Crippen molar-refractivity contribution in [1.29, 1.82) is 0 Å². The van der Waals surface area contributed by atoms with Crippen LogP contribution in [0.4, 0.5) is 5.69 Å². The van der Waals surface area contributed by atoms with Crippen LogP contribution in [0.2, 0.25) is 0 Å². The molecule has 0 saturated heterocycles. The summed E-state index contributed by atoms with van der Waals surface area (Å²) < 4.78 is 0. The van der Waals surface area contributed by atoms with Gasteiger partial charge in [0.1, 0.15) is 0 Å². The number of halogens is 1. The summed E-state index contributed by atoms with van der Waals surface area (Å²) in [6.45, 7) is 2.36. The smallest absolute Gasteiger partial charge is 0.227 e. The van der Waals surface area contributed by atoms with Crippen molar-refractivity contribution in [3.05, 3.63) is 59.9 Å². The Kier molecular flexibility index (Phi) is 5.92. The molecule has 3 rings (SSSR count). The van der Waals surface area contributed by atoms with Gasteiger partial charge in [-0.3, -0.25) is 9.78 Å². The molecule has 1 aromatic carbocycles. The first-order chi connectivity index (χ1) is 10.3. The Bertz CT molecular complexity index is 618. The van der Waals surface area contributed by atoms with Crippen LogP contribution in [0.5, 0.6) is 0 Å². The maximum absolute atomic E-state index is 12.6. The van der Waals surface area contributed by atoms with Crippen molar-refractivity contribution in [2.75, 3.05) is 18.0 Å². The average molecular weight is 318 g/mol. The highest BCUT2D eigenvalue weighted by molar-refractivity contribution is 5.94. The van der Waals surface area contributed by atoms with Gasteiger partial charge in [-0.25, -0.2) is 0 Å². The van der Waals surface area contributed by atoms with Crippen molar-refractivity contribution in [1.82, 2.24) is 10.3 Å². The van der Waals surface area contributed by atoms with E-state index in [4.69, 9.17) is 0 Å². The van der Waals surface area contributed by atoms with E-state index in [9.17, 15) is 4.79 Å². The van der Waals surface area contributed by atoms with Crippen LogP contribution < -0.4 is 10.2 Å². The average Bonchev–Trinajstić information content (AvgIpc) is 2.76. The molecule has 1 N–H and O–H groups in total. The molecule has 4 nitrogen and oxygen atoms in total. The SMILES string of the molecule is Cl.O=C(CCc1ccccn1)N1CCNCc2ccccc21. The number of rotatable bonds is 3. The van der Waals surface area contributed by atoms with Crippen LogP contribution in [0.1, 0.15) is 17.7 Å². The van der Waals surface area contributed by atoms with Crippen molar-refractivity contribution >= 4 is 24.0 Å². The molecule has 0 spiro atoms. The highest BCUT2D eigenvalue weighted by atomic mass is 35.5. The number of benzene rings is 1. The van der Waals surface area contributed by atoms with Gasteiger partial charge in [0, 0.05) is 43.6 Å². The summed E-state index contributed by atoms with van der Waals surface area (Å²) in [6.07, 6.45) is 2.95. The fourth-order valence-electron chi connectivity index (χ4n) is 2.63. The Morgan fingerprint density at radius 3 is 2.82 bits per heavy atom. The van der Waals surface area contributed by atoms with Crippen molar-refractivity contribution in [2.45, 2.75) is 19.4 Å². The Balaban J connectivity index is 0.00000176. The van der Waals surface area contributed by atoms with E-state index >= 15 is 0 Å². The van der Waals surface area contributed by atoms with E-state index in [0.717, 1.165) is 31.0 Å². The van der Waals surface area contributed by atoms with Crippen LogP contribution in [0, 0.1) is 0 Å². The minimum absolute atomic E-state index is 0. The minimum Gasteiger partial charge on any atom is -0.311 e. The summed E-state index contributed by atoms with van der Waals surface area (Å²) in [7, 11) is 0. The van der Waals surface area contributed by atoms with Crippen LogP contribution in [0.25, 0.3) is 0 Å². The molecule has 1 amide bonds. The lowest BCUT2D eigenvalue weighted by Gasteiger charge is -2.22. The number of aromatic nitrogens is 1. The fraction of sp³-hybridized carbons (Fsp3) is 0.294. The first-order valence-electron chi connectivity index (χ1n) is 7.33. The summed E-state index contributed by atoms with van der Waals surface area (Å²) in [4.78, 5) is 18.7. The molecule has 2 aromatic rings. The Morgan fingerprint density at radius 2 is 2.00 bits per heavy atom. The number of nitrogens with one attached hydrogen (secondary N) is 1. The van der Waals surface area contributed by atoms with E-state index in [-0.39, 0.29) is 18.3 Å². The molecule has 116 valence electrons. The van der Waals surface area contributed by atoms with Crippen molar-refractivity contribution < 1.29 is 4.79 Å². The van der Waals surface area contributed by atoms with E-state index in [2.05, 4.69) is 16.4 Å². The molecule has 0 saturated carbocycles. The lowest BCUT2D eigenvalue weighted by molar-refractivity contribution is -0.118. The molecular weight excluding hydrogens is 298 g/mol. The number of pyridine rings is 1. The maximum atomic E-state index is 12.6. The predicted octanol–water partition coefficient (Wildman–Crippen LogP) is 2.57. The standard InChI is InChI=1S/C17H19N3O.ClH/c21-17(9-8-15-6-3-4-10-19-15)20-12-11-18-13-14-5-1-2-7-16(14)20;/h1-7,10,18H,8-9,11-13H2;1H. The van der Waals surface area contributed by atoms with E-state index in [1.54, 1.807) is 6.20 Å². The van der Waals surface area contributed by atoms with E-state index < -0.39 is 0 Å². The number of carbonyl (C=O) groups excluding carboxylic acids is 1. The van der Waals surface area contributed by atoms with Crippen LogP contribution in [0.3, 0.4) is 0 Å². The molecular formula is C17H20ClN3O. The summed E-state index contributed by atoms with van der Waals surface area (Å²) >= 11 is 0. The fourth-order valence-corrected chi connectivity index (χ4v) is 2.63. The normalized spacial score (nSPS) is 13.7. The van der Waals surface area contributed by atoms with Gasteiger partial charge in [-0.05, 0) is 30.2 Å². The van der Waals surface area contributed by atoms with Crippen LogP contribution in [-0.2, 0) is 17.8 Å². The molecule has 1 aliphatic heterocycles. The van der Waals surface area contributed by atoms with Crippen LogP contribution in [-0.4, -0.2) is 24.0 Å². The lowest BCUT2D eigenvalue weighted by atomic mass is 10.1. The monoisotopic (exact) mass is 317 g/mol. The van der Waals surface area contributed by atoms with Gasteiger partial charge in [0.2, 0.25) is 5.91 Å². The lowest BCUT2D eigenvalue weighted by Crippen LogP contribution is -2.34. The third-order valence-electron chi connectivity index (χ3n) is 3.73. The summed E-state index contributed by atoms with van der Waals surface area (Å²) in [5, 5.41) is 3.36. The van der Waals surface area contributed by atoms with Crippen molar-refractivity contribution in [2.24, 2.45) is 0 Å². The second-order valence-corrected chi connectivity index (χ2v) is 5.17. The minimum atomic E-state index is 0. The predicted molar refractivity (Wildman–Crippen MR) is 90.3 cm³/mol. The quantitative estimate of drug-likeness (QED) is 0.946. The first-order valence-corrected chi connectivity index (χ1v) is 7.33. The molecule has 2 heterocycles. The molecule has 0 radical (unpaired) electrons. The number of hydrogen-bond donors (Lipinski definition) is 1. The second-order valence-electron chi connectivity index (χ2n) is 5.17. The largest absolute Gasteiger partial charge is 0.311 e. The molecule has 1 aromatic heterocycles. The Labute approximate surface area is 137 Å². The van der Waals surface area contributed by atoms with Gasteiger partial charge in [-0.15, -0.1) is 12.4 Å². The van der Waals surface area contributed by atoms with E-state index in [1.807, 2.05) is 41.3 Å². The van der Waals surface area contributed by atoms with E-state index in [0.29, 0.717) is 12.8 Å². The molecule has 5 heteroatoms. The molecule has 22 heavy (non-hydrogen) atoms. The number of anilines is 1. The van der Waals surface area contributed by atoms with Gasteiger partial charge < -0.3 is 10.2 Å². The zero-order valence-electron chi connectivity index (χ0n) is 12.4. The Hall–Kier alpha value is -1.91. The number of nitrogens with zero attached hydrogens (tertiary/aromatic N) is 2. The molecule has 0 aliphatic carbocycles. The molecule has 0 atom stereocenters. The second kappa shape index (κ2) is 7.92. The third kappa shape index (κ3) is 3.84. The summed E-state index contributed by atoms with van der Waals surface area (Å²) in [6, 6.07) is 13.9. The zero-order valence-corrected chi connectivity index (χ0v) is 13.2. The molecule has 0 bridgehead atoms. The van der Waals surface area contributed by atoms with Crippen molar-refractivity contribution in [3.8, 4) is 0 Å². The van der Waals surface area contributed by atoms with Crippen LogP contribution >= 0.6 is 12.4 Å². The number of fused-ring (bicyclic) bond motifs is 1. The first kappa shape index (κ1) is 16.5. The highest BCUT2D eigenvalue weighted by Crippen LogP contribution is 2.23. The molecule has 0 fully saturated rings. The number of amides is 1. The summed E-state index contributed by atoms with van der Waals surface area (Å²) in [5.41, 5.74) is 3.18. The van der Waals surface area contributed by atoms with Gasteiger partial charge in [-0.1, -0.05) is 24.3 Å². The van der Waals surface area contributed by atoms with Crippen molar-refractivity contribution in [3.63, 3.8) is 0 Å². The van der Waals surface area contributed by atoms with Gasteiger partial charge in [-0.2, -0.15) is 0 Å². The summed E-state index contributed by atoms with van der Waals surface area (Å²) in [5.74, 6) is 0.164.